The molecule has 0 saturated carbocycles. The number of allylic oxidation sites excluding steroid dienone is 1. The van der Waals surface area contributed by atoms with Crippen LogP contribution in [0.3, 0.4) is 0 Å². The number of ketones is 1. The largest absolute Gasteiger partial charge is 0.491 e. The highest BCUT2D eigenvalue weighted by molar-refractivity contribution is 8.04. The number of ether oxygens (including phenoxy) is 1. The van der Waals surface area contributed by atoms with E-state index in [-0.39, 0.29) is 11.9 Å². The summed E-state index contributed by atoms with van der Waals surface area (Å²) in [6, 6.07) is 15.6. The maximum Gasteiger partial charge on any atom is 0.200 e. The highest BCUT2D eigenvalue weighted by Crippen LogP contribution is 2.40. The molecule has 0 radical (unpaired) electrons. The SMILES string of the molecule is CC[C@H](C)Oc1ccc(/C=C2/Sc3ccccc3C2=O)cc1. The van der Waals surface area contributed by atoms with E-state index in [1.165, 1.54) is 11.8 Å². The van der Waals surface area contributed by atoms with Crippen molar-refractivity contribution in [3.8, 4) is 5.75 Å². The third kappa shape index (κ3) is 3.09. The first kappa shape index (κ1) is 14.9. The molecule has 1 aliphatic heterocycles. The molecule has 2 aromatic rings. The van der Waals surface area contributed by atoms with Gasteiger partial charge >= 0.3 is 0 Å². The third-order valence-corrected chi connectivity index (χ3v) is 4.76. The topological polar surface area (TPSA) is 26.3 Å². The second kappa shape index (κ2) is 6.41. The summed E-state index contributed by atoms with van der Waals surface area (Å²) in [6.45, 7) is 4.16. The third-order valence-electron chi connectivity index (χ3n) is 3.67. The van der Waals surface area contributed by atoms with Crippen molar-refractivity contribution in [3.05, 3.63) is 64.6 Å². The van der Waals surface area contributed by atoms with Crippen molar-refractivity contribution in [2.24, 2.45) is 0 Å². The number of hydrogen-bond acceptors (Lipinski definition) is 3. The molecule has 0 amide bonds. The van der Waals surface area contributed by atoms with Crippen molar-refractivity contribution >= 4 is 23.6 Å². The fourth-order valence-corrected chi connectivity index (χ4v) is 3.30. The lowest BCUT2D eigenvalue weighted by atomic mass is 10.1. The van der Waals surface area contributed by atoms with E-state index >= 15 is 0 Å². The lowest BCUT2D eigenvalue weighted by Crippen LogP contribution is -2.09. The van der Waals surface area contributed by atoms with E-state index in [1.54, 1.807) is 0 Å². The summed E-state index contributed by atoms with van der Waals surface area (Å²) in [5.74, 6) is 0.978. The van der Waals surface area contributed by atoms with Crippen LogP contribution in [0, 0.1) is 0 Å². The molecule has 2 nitrogen and oxygen atoms in total. The van der Waals surface area contributed by atoms with Gasteiger partial charge in [0.1, 0.15) is 5.75 Å². The van der Waals surface area contributed by atoms with Gasteiger partial charge in [-0.1, -0.05) is 43.0 Å². The Balaban J connectivity index is 1.78. The molecule has 1 aliphatic rings. The number of rotatable bonds is 4. The standard InChI is InChI=1S/C19H18O2S/c1-3-13(2)21-15-10-8-14(9-11-15)12-18-19(20)16-6-4-5-7-17(16)22-18/h4-13H,3H2,1-2H3/b18-12+/t13-/m0/s1. The molecule has 1 atom stereocenters. The summed E-state index contributed by atoms with van der Waals surface area (Å²) >= 11 is 1.54. The van der Waals surface area contributed by atoms with Gasteiger partial charge in [-0.05, 0) is 49.2 Å². The van der Waals surface area contributed by atoms with Crippen molar-refractivity contribution in [1.82, 2.24) is 0 Å². The number of fused-ring (bicyclic) bond motifs is 1. The van der Waals surface area contributed by atoms with Crippen LogP contribution in [0.2, 0.25) is 0 Å². The van der Waals surface area contributed by atoms with Crippen LogP contribution in [0.15, 0.2) is 58.3 Å². The van der Waals surface area contributed by atoms with Gasteiger partial charge in [0.2, 0.25) is 5.78 Å². The molecule has 3 heteroatoms. The Kier molecular flexibility index (Phi) is 4.34. The molecule has 2 aromatic carbocycles. The summed E-state index contributed by atoms with van der Waals surface area (Å²) in [6.07, 6.45) is 3.14. The first-order chi connectivity index (χ1) is 10.7. The number of hydrogen-bond donors (Lipinski definition) is 0. The zero-order chi connectivity index (χ0) is 15.5. The van der Waals surface area contributed by atoms with Gasteiger partial charge in [0.15, 0.2) is 0 Å². The van der Waals surface area contributed by atoms with E-state index in [4.69, 9.17) is 4.74 Å². The Labute approximate surface area is 135 Å². The van der Waals surface area contributed by atoms with Gasteiger partial charge in [0.05, 0.1) is 11.0 Å². The van der Waals surface area contributed by atoms with Gasteiger partial charge in [-0.3, -0.25) is 4.79 Å². The van der Waals surface area contributed by atoms with Gasteiger partial charge in [-0.25, -0.2) is 0 Å². The van der Waals surface area contributed by atoms with Crippen LogP contribution in [-0.4, -0.2) is 11.9 Å². The fourth-order valence-electron chi connectivity index (χ4n) is 2.25. The summed E-state index contributed by atoms with van der Waals surface area (Å²) < 4.78 is 5.77. The highest BCUT2D eigenvalue weighted by Gasteiger charge is 2.24. The number of benzene rings is 2. The number of thioether (sulfide) groups is 1. The molecule has 0 spiro atoms. The van der Waals surface area contributed by atoms with Crippen LogP contribution in [0.1, 0.15) is 36.2 Å². The first-order valence-electron chi connectivity index (χ1n) is 7.47. The smallest absolute Gasteiger partial charge is 0.200 e. The molecule has 1 heterocycles. The molecule has 0 saturated heterocycles. The van der Waals surface area contributed by atoms with E-state index in [0.717, 1.165) is 33.1 Å². The molecule has 0 fully saturated rings. The van der Waals surface area contributed by atoms with Gasteiger partial charge in [0, 0.05) is 10.5 Å². The van der Waals surface area contributed by atoms with Crippen LogP contribution in [0.4, 0.5) is 0 Å². The second-order valence-corrected chi connectivity index (χ2v) is 6.43. The van der Waals surface area contributed by atoms with Crippen LogP contribution in [-0.2, 0) is 0 Å². The number of carbonyl (C=O) groups excluding carboxylic acids is 1. The van der Waals surface area contributed by atoms with E-state index < -0.39 is 0 Å². The molecule has 0 bridgehead atoms. The number of carbonyl (C=O) groups is 1. The molecule has 3 rings (SSSR count). The average molecular weight is 310 g/mol. The summed E-state index contributed by atoms with van der Waals surface area (Å²) in [7, 11) is 0. The normalized spacial score (nSPS) is 16.6. The van der Waals surface area contributed by atoms with Gasteiger partial charge < -0.3 is 4.74 Å². The summed E-state index contributed by atoms with van der Waals surface area (Å²) in [5.41, 5.74) is 1.82. The van der Waals surface area contributed by atoms with Crippen LogP contribution < -0.4 is 4.74 Å². The number of Topliss-reactive ketones (excluding diaryl/α,β-unsaturated/α-hetero) is 1. The van der Waals surface area contributed by atoms with Crippen LogP contribution >= 0.6 is 11.8 Å². The van der Waals surface area contributed by atoms with Gasteiger partial charge in [-0.2, -0.15) is 0 Å². The molecule has 0 N–H and O–H groups in total. The maximum atomic E-state index is 12.3. The van der Waals surface area contributed by atoms with Crippen molar-refractivity contribution in [2.45, 2.75) is 31.3 Å². The molecule has 0 aliphatic carbocycles. The predicted octanol–water partition coefficient (Wildman–Crippen LogP) is 5.19. The van der Waals surface area contributed by atoms with Gasteiger partial charge in [-0.15, -0.1) is 0 Å². The minimum Gasteiger partial charge on any atom is -0.491 e. The second-order valence-electron chi connectivity index (χ2n) is 5.34. The zero-order valence-electron chi connectivity index (χ0n) is 12.7. The lowest BCUT2D eigenvalue weighted by molar-refractivity contribution is 0.104. The van der Waals surface area contributed by atoms with E-state index in [2.05, 4.69) is 13.8 Å². The quantitative estimate of drug-likeness (QED) is 0.727. The fraction of sp³-hybridized carbons (Fsp3) is 0.211. The van der Waals surface area contributed by atoms with Crippen molar-refractivity contribution in [3.63, 3.8) is 0 Å². The maximum absolute atomic E-state index is 12.3. The molecular formula is C19H18O2S. The highest BCUT2D eigenvalue weighted by atomic mass is 32.2. The van der Waals surface area contributed by atoms with Crippen molar-refractivity contribution < 1.29 is 9.53 Å². The lowest BCUT2D eigenvalue weighted by Gasteiger charge is -2.12. The Morgan fingerprint density at radius 3 is 2.55 bits per heavy atom. The average Bonchev–Trinajstić information content (AvgIpc) is 2.86. The van der Waals surface area contributed by atoms with Gasteiger partial charge in [0.25, 0.3) is 0 Å². The Hall–Kier alpha value is -2.00. The summed E-state index contributed by atoms with van der Waals surface area (Å²) in [4.78, 5) is 14.2. The first-order valence-corrected chi connectivity index (χ1v) is 8.29. The molecule has 0 aromatic heterocycles. The zero-order valence-corrected chi connectivity index (χ0v) is 13.5. The monoisotopic (exact) mass is 310 g/mol. The van der Waals surface area contributed by atoms with Crippen molar-refractivity contribution in [1.29, 1.82) is 0 Å². The minimum atomic E-state index is 0.112. The minimum absolute atomic E-state index is 0.112. The molecular weight excluding hydrogens is 292 g/mol. The Morgan fingerprint density at radius 2 is 1.86 bits per heavy atom. The predicted molar refractivity (Wildman–Crippen MR) is 91.4 cm³/mol. The van der Waals surface area contributed by atoms with E-state index in [0.29, 0.717) is 0 Å². The Morgan fingerprint density at radius 1 is 1.14 bits per heavy atom. The van der Waals surface area contributed by atoms with Crippen LogP contribution in [0.5, 0.6) is 5.75 Å². The summed E-state index contributed by atoms with van der Waals surface area (Å²) in [5, 5.41) is 0. The Bertz CT molecular complexity index is 716. The van der Waals surface area contributed by atoms with E-state index in [9.17, 15) is 4.79 Å². The van der Waals surface area contributed by atoms with Crippen LogP contribution in [0.25, 0.3) is 6.08 Å². The molecule has 22 heavy (non-hydrogen) atoms. The van der Waals surface area contributed by atoms with E-state index in [1.807, 2.05) is 54.6 Å². The molecule has 112 valence electrons. The molecule has 0 unspecified atom stereocenters. The van der Waals surface area contributed by atoms with Crippen molar-refractivity contribution in [2.75, 3.05) is 0 Å².